The van der Waals surface area contributed by atoms with E-state index >= 15 is 0 Å². The number of methoxy groups -OCH3 is 1. The average molecular weight is 255 g/mol. The summed E-state index contributed by atoms with van der Waals surface area (Å²) in [4.78, 5) is 0. The van der Waals surface area contributed by atoms with Crippen molar-refractivity contribution in [1.82, 2.24) is 0 Å². The molecule has 2 aromatic carbocycles. The monoisotopic (exact) mass is 255 g/mol. The van der Waals surface area contributed by atoms with Gasteiger partial charge in [0.2, 0.25) is 0 Å². The van der Waals surface area contributed by atoms with Crippen LogP contribution >= 0.6 is 0 Å². The first-order valence-electron chi connectivity index (χ1n) is 6.64. The Balaban J connectivity index is 2.36. The van der Waals surface area contributed by atoms with Crippen LogP contribution in [0.1, 0.15) is 35.2 Å². The van der Waals surface area contributed by atoms with Crippen LogP contribution in [0.15, 0.2) is 42.5 Å². The molecule has 1 atom stereocenters. The van der Waals surface area contributed by atoms with Gasteiger partial charge in [0.15, 0.2) is 0 Å². The number of hydrogen-bond acceptors (Lipinski definition) is 2. The van der Waals surface area contributed by atoms with Crippen molar-refractivity contribution in [2.75, 3.05) is 7.11 Å². The smallest absolute Gasteiger partial charge is 0.123 e. The topological polar surface area (TPSA) is 35.2 Å². The Hall–Kier alpha value is -1.80. The number of aryl methyl sites for hydroxylation is 2. The van der Waals surface area contributed by atoms with Gasteiger partial charge in [-0.2, -0.15) is 0 Å². The van der Waals surface area contributed by atoms with E-state index in [1.54, 1.807) is 7.11 Å². The molecule has 2 aromatic rings. The third-order valence-electron chi connectivity index (χ3n) is 3.47. The zero-order valence-corrected chi connectivity index (χ0v) is 11.8. The summed E-state index contributed by atoms with van der Waals surface area (Å²) >= 11 is 0. The lowest BCUT2D eigenvalue weighted by Gasteiger charge is -2.17. The summed E-state index contributed by atoms with van der Waals surface area (Å²) in [7, 11) is 1.68. The highest BCUT2D eigenvalue weighted by atomic mass is 16.5. The van der Waals surface area contributed by atoms with Gasteiger partial charge in [0, 0.05) is 5.56 Å². The van der Waals surface area contributed by atoms with Crippen LogP contribution in [0.25, 0.3) is 0 Å². The first-order valence-corrected chi connectivity index (χ1v) is 6.64. The van der Waals surface area contributed by atoms with Crippen molar-refractivity contribution in [3.8, 4) is 5.75 Å². The van der Waals surface area contributed by atoms with E-state index < -0.39 is 0 Å². The molecule has 0 aliphatic carbocycles. The van der Waals surface area contributed by atoms with E-state index in [0.717, 1.165) is 23.3 Å². The van der Waals surface area contributed by atoms with Crippen molar-refractivity contribution in [2.45, 2.75) is 26.3 Å². The predicted molar refractivity (Wildman–Crippen MR) is 79.6 cm³/mol. The number of hydrogen-bond donors (Lipinski definition) is 1. The van der Waals surface area contributed by atoms with Crippen LogP contribution in [0.5, 0.6) is 5.75 Å². The molecule has 0 aliphatic rings. The summed E-state index contributed by atoms with van der Waals surface area (Å²) in [6, 6.07) is 14.4. The van der Waals surface area contributed by atoms with Crippen molar-refractivity contribution in [2.24, 2.45) is 5.73 Å². The lowest BCUT2D eigenvalue weighted by atomic mass is 9.96. The lowest BCUT2D eigenvalue weighted by molar-refractivity contribution is 0.407. The maximum atomic E-state index is 6.37. The van der Waals surface area contributed by atoms with Gasteiger partial charge in [-0.25, -0.2) is 0 Å². The number of rotatable bonds is 4. The maximum absolute atomic E-state index is 6.37. The van der Waals surface area contributed by atoms with E-state index in [2.05, 4.69) is 44.2 Å². The number of benzene rings is 2. The van der Waals surface area contributed by atoms with E-state index in [-0.39, 0.29) is 6.04 Å². The second-order valence-corrected chi connectivity index (χ2v) is 4.82. The van der Waals surface area contributed by atoms with Gasteiger partial charge in [-0.05, 0) is 30.5 Å². The highest BCUT2D eigenvalue weighted by molar-refractivity contribution is 5.43. The van der Waals surface area contributed by atoms with Gasteiger partial charge in [0.1, 0.15) is 5.75 Å². The highest BCUT2D eigenvalue weighted by Gasteiger charge is 2.14. The number of ether oxygens (including phenoxy) is 1. The van der Waals surface area contributed by atoms with E-state index in [1.807, 2.05) is 12.1 Å². The molecule has 0 aromatic heterocycles. The van der Waals surface area contributed by atoms with Crippen LogP contribution in [0.4, 0.5) is 0 Å². The second-order valence-electron chi connectivity index (χ2n) is 4.82. The molecule has 100 valence electrons. The minimum atomic E-state index is -0.152. The Labute approximate surface area is 115 Å². The molecule has 0 saturated carbocycles. The Morgan fingerprint density at radius 1 is 1.11 bits per heavy atom. The molecular weight excluding hydrogens is 234 g/mol. The van der Waals surface area contributed by atoms with Gasteiger partial charge in [-0.15, -0.1) is 0 Å². The van der Waals surface area contributed by atoms with E-state index in [9.17, 15) is 0 Å². The number of nitrogens with two attached hydrogens (primary N) is 1. The lowest BCUT2D eigenvalue weighted by Crippen LogP contribution is -2.13. The minimum absolute atomic E-state index is 0.152. The Bertz CT molecular complexity index is 546. The standard InChI is InChI=1S/C17H21NO/c1-4-13-6-8-14(9-7-13)17(18)15-11-12(2)5-10-16(15)19-3/h5-11,17H,4,18H2,1-3H3. The van der Waals surface area contributed by atoms with Crippen LogP contribution in [0.2, 0.25) is 0 Å². The molecule has 2 heteroatoms. The Morgan fingerprint density at radius 2 is 1.79 bits per heavy atom. The first kappa shape index (κ1) is 13.6. The molecule has 0 fully saturated rings. The molecule has 0 saturated heterocycles. The van der Waals surface area contributed by atoms with Gasteiger partial charge in [0.25, 0.3) is 0 Å². The molecule has 19 heavy (non-hydrogen) atoms. The summed E-state index contributed by atoms with van der Waals surface area (Å²) < 4.78 is 5.41. The van der Waals surface area contributed by atoms with E-state index in [4.69, 9.17) is 10.5 Å². The van der Waals surface area contributed by atoms with Crippen LogP contribution < -0.4 is 10.5 Å². The minimum Gasteiger partial charge on any atom is -0.496 e. The summed E-state index contributed by atoms with van der Waals surface area (Å²) in [5.41, 5.74) is 11.0. The first-order chi connectivity index (χ1) is 9.15. The Morgan fingerprint density at radius 3 is 2.37 bits per heavy atom. The Kier molecular flexibility index (Phi) is 4.23. The fraction of sp³-hybridized carbons (Fsp3) is 0.294. The molecule has 0 radical (unpaired) electrons. The molecule has 0 spiro atoms. The molecule has 0 heterocycles. The van der Waals surface area contributed by atoms with Crippen LogP contribution in [0.3, 0.4) is 0 Å². The molecule has 2 rings (SSSR count). The van der Waals surface area contributed by atoms with Crippen LogP contribution in [0, 0.1) is 6.92 Å². The molecule has 1 unspecified atom stereocenters. The van der Waals surface area contributed by atoms with Gasteiger partial charge in [0.05, 0.1) is 13.2 Å². The molecule has 2 nitrogen and oxygen atoms in total. The second kappa shape index (κ2) is 5.89. The van der Waals surface area contributed by atoms with Crippen LogP contribution in [-0.4, -0.2) is 7.11 Å². The fourth-order valence-corrected chi connectivity index (χ4v) is 2.24. The van der Waals surface area contributed by atoms with Gasteiger partial charge < -0.3 is 10.5 Å². The summed E-state index contributed by atoms with van der Waals surface area (Å²) in [5, 5.41) is 0. The summed E-state index contributed by atoms with van der Waals surface area (Å²) in [6.07, 6.45) is 1.04. The van der Waals surface area contributed by atoms with Crippen molar-refractivity contribution in [1.29, 1.82) is 0 Å². The molecular formula is C17H21NO. The van der Waals surface area contributed by atoms with Crippen molar-refractivity contribution < 1.29 is 4.74 Å². The SMILES string of the molecule is CCc1ccc(C(N)c2cc(C)ccc2OC)cc1. The van der Waals surface area contributed by atoms with Gasteiger partial charge >= 0.3 is 0 Å². The van der Waals surface area contributed by atoms with Crippen LogP contribution in [-0.2, 0) is 6.42 Å². The van der Waals surface area contributed by atoms with Crippen molar-refractivity contribution >= 4 is 0 Å². The third kappa shape index (κ3) is 2.96. The average Bonchev–Trinajstić information content (AvgIpc) is 2.46. The molecule has 0 bridgehead atoms. The molecule has 0 aliphatic heterocycles. The van der Waals surface area contributed by atoms with Gasteiger partial charge in [-0.3, -0.25) is 0 Å². The molecule has 0 amide bonds. The predicted octanol–water partition coefficient (Wildman–Crippen LogP) is 3.61. The summed E-state index contributed by atoms with van der Waals surface area (Å²) in [5.74, 6) is 0.845. The van der Waals surface area contributed by atoms with E-state index in [1.165, 1.54) is 11.1 Å². The van der Waals surface area contributed by atoms with Gasteiger partial charge in [-0.1, -0.05) is 48.9 Å². The largest absolute Gasteiger partial charge is 0.496 e. The maximum Gasteiger partial charge on any atom is 0.123 e. The summed E-state index contributed by atoms with van der Waals surface area (Å²) in [6.45, 7) is 4.22. The van der Waals surface area contributed by atoms with Crippen molar-refractivity contribution in [3.63, 3.8) is 0 Å². The quantitative estimate of drug-likeness (QED) is 0.905. The fourth-order valence-electron chi connectivity index (χ4n) is 2.24. The third-order valence-corrected chi connectivity index (χ3v) is 3.47. The normalized spacial score (nSPS) is 12.2. The zero-order valence-electron chi connectivity index (χ0n) is 11.8. The van der Waals surface area contributed by atoms with Crippen molar-refractivity contribution in [3.05, 3.63) is 64.7 Å². The molecule has 2 N–H and O–H groups in total. The van der Waals surface area contributed by atoms with E-state index in [0.29, 0.717) is 0 Å². The zero-order chi connectivity index (χ0) is 13.8. The highest BCUT2D eigenvalue weighted by Crippen LogP contribution is 2.29.